The van der Waals surface area contributed by atoms with Crippen LogP contribution in [0.1, 0.15) is 21.5 Å². The Kier molecular flexibility index (Phi) is 6.81. The van der Waals surface area contributed by atoms with Gasteiger partial charge in [-0.1, -0.05) is 36.4 Å². The molecule has 1 heterocycles. The molecule has 0 saturated carbocycles. The van der Waals surface area contributed by atoms with E-state index in [9.17, 15) is 28.2 Å². The van der Waals surface area contributed by atoms with Crippen LogP contribution in [0, 0.1) is 6.92 Å². The molecule has 1 amide bonds. The van der Waals surface area contributed by atoms with Crippen LogP contribution in [0.25, 0.3) is 0 Å². The van der Waals surface area contributed by atoms with Gasteiger partial charge in [0.1, 0.15) is 5.56 Å². The summed E-state index contributed by atoms with van der Waals surface area (Å²) in [5.74, 6) is -2.54. The number of carbonyl (C=O) groups excluding carboxylic acids is 2. The van der Waals surface area contributed by atoms with Crippen molar-refractivity contribution in [3.63, 3.8) is 0 Å². The fourth-order valence-corrected chi connectivity index (χ4v) is 4.75. The molecule has 3 rings (SSSR count). The summed E-state index contributed by atoms with van der Waals surface area (Å²) in [6.45, 7) is 1.68. The normalized spacial score (nSPS) is 14.9. The zero-order chi connectivity index (χ0) is 22.6. The molecule has 0 aliphatic carbocycles. The zero-order valence-corrected chi connectivity index (χ0v) is 17.8. The summed E-state index contributed by atoms with van der Waals surface area (Å²) < 4.78 is 31.5. The molecule has 0 bridgehead atoms. The number of amides is 1. The molecule has 10 heteroatoms. The Morgan fingerprint density at radius 2 is 1.61 bits per heavy atom. The van der Waals surface area contributed by atoms with E-state index in [-0.39, 0.29) is 37.5 Å². The first-order chi connectivity index (χ1) is 14.7. The first-order valence-corrected chi connectivity index (χ1v) is 11.3. The van der Waals surface area contributed by atoms with Crippen molar-refractivity contribution in [2.24, 2.45) is 0 Å². The molecule has 0 unspecified atom stereocenters. The van der Waals surface area contributed by atoms with E-state index in [1.54, 1.807) is 31.2 Å². The van der Waals surface area contributed by atoms with Crippen LogP contribution in [0.3, 0.4) is 0 Å². The highest BCUT2D eigenvalue weighted by molar-refractivity contribution is 7.88. The second-order valence-corrected chi connectivity index (χ2v) is 9.19. The fraction of sp³-hybridized carbons (Fsp3) is 0.333. The molecule has 9 nitrogen and oxygen atoms in total. The van der Waals surface area contributed by atoms with E-state index < -0.39 is 40.0 Å². The number of aromatic hydroxyl groups is 2. The minimum absolute atomic E-state index is 0.105. The predicted octanol–water partition coefficient (Wildman–Crippen LogP) is 1.24. The molecule has 0 spiro atoms. The molecule has 1 aliphatic heterocycles. The molecule has 2 N–H and O–H groups in total. The number of rotatable bonds is 6. The summed E-state index contributed by atoms with van der Waals surface area (Å²) >= 11 is 0. The van der Waals surface area contributed by atoms with Crippen molar-refractivity contribution in [1.82, 2.24) is 9.21 Å². The smallest absolute Gasteiger partial charge is 0.342 e. The minimum Gasteiger partial charge on any atom is -0.504 e. The molecule has 1 fully saturated rings. The van der Waals surface area contributed by atoms with Crippen LogP contribution in [-0.2, 0) is 25.3 Å². The third-order valence-corrected chi connectivity index (χ3v) is 6.93. The Hall–Kier alpha value is -3.11. The standard InChI is InChI=1S/C21H24N2O7S/c1-15-7-8-17(20(26)19(15)25)21(27)30-13-18(24)22-9-11-23(12-10-22)31(28,29)14-16-5-3-2-4-6-16/h2-8,25-26H,9-14H2,1H3. The van der Waals surface area contributed by atoms with Gasteiger partial charge in [-0.25, -0.2) is 13.2 Å². The average molecular weight is 448 g/mol. The van der Waals surface area contributed by atoms with Crippen LogP contribution in [0.5, 0.6) is 11.5 Å². The van der Waals surface area contributed by atoms with Gasteiger partial charge >= 0.3 is 5.97 Å². The van der Waals surface area contributed by atoms with Gasteiger partial charge in [-0.2, -0.15) is 4.31 Å². The number of hydrogen-bond donors (Lipinski definition) is 2. The zero-order valence-electron chi connectivity index (χ0n) is 17.0. The van der Waals surface area contributed by atoms with Crippen molar-refractivity contribution >= 4 is 21.9 Å². The molecule has 1 aliphatic rings. The Morgan fingerprint density at radius 1 is 0.968 bits per heavy atom. The molecule has 2 aromatic rings. The largest absolute Gasteiger partial charge is 0.504 e. The van der Waals surface area contributed by atoms with Crippen LogP contribution in [0.15, 0.2) is 42.5 Å². The van der Waals surface area contributed by atoms with Crippen LogP contribution >= 0.6 is 0 Å². The maximum atomic E-state index is 12.6. The number of nitrogens with zero attached hydrogens (tertiary/aromatic N) is 2. The Labute approximate surface area is 180 Å². The number of aryl methyl sites for hydroxylation is 1. The van der Waals surface area contributed by atoms with E-state index in [0.717, 1.165) is 0 Å². The SMILES string of the molecule is Cc1ccc(C(=O)OCC(=O)N2CCN(S(=O)(=O)Cc3ccccc3)CC2)c(O)c1O. The highest BCUT2D eigenvalue weighted by atomic mass is 32.2. The molecule has 0 atom stereocenters. The first-order valence-electron chi connectivity index (χ1n) is 9.67. The molecule has 1 saturated heterocycles. The Morgan fingerprint density at radius 3 is 2.26 bits per heavy atom. The van der Waals surface area contributed by atoms with Crippen molar-refractivity contribution in [2.75, 3.05) is 32.8 Å². The van der Waals surface area contributed by atoms with Crippen molar-refractivity contribution in [1.29, 1.82) is 0 Å². The molecule has 0 radical (unpaired) electrons. The topological polar surface area (TPSA) is 124 Å². The summed E-state index contributed by atoms with van der Waals surface area (Å²) in [5, 5.41) is 19.6. The van der Waals surface area contributed by atoms with Gasteiger partial charge in [0, 0.05) is 26.2 Å². The van der Waals surface area contributed by atoms with E-state index in [0.29, 0.717) is 11.1 Å². The number of benzene rings is 2. The summed E-state index contributed by atoms with van der Waals surface area (Å²) in [5.41, 5.74) is 0.844. The number of esters is 1. The molecular weight excluding hydrogens is 424 g/mol. The lowest BCUT2D eigenvalue weighted by atomic mass is 10.1. The third-order valence-electron chi connectivity index (χ3n) is 5.08. The number of sulfonamides is 1. The van der Waals surface area contributed by atoms with E-state index in [2.05, 4.69) is 0 Å². The predicted molar refractivity (Wildman–Crippen MR) is 112 cm³/mol. The summed E-state index contributed by atoms with van der Waals surface area (Å²) in [4.78, 5) is 25.9. The van der Waals surface area contributed by atoms with Gasteiger partial charge in [0.05, 0.1) is 5.75 Å². The van der Waals surface area contributed by atoms with Crippen molar-refractivity contribution in [2.45, 2.75) is 12.7 Å². The number of piperazine rings is 1. The molecule has 0 aromatic heterocycles. The van der Waals surface area contributed by atoms with E-state index in [4.69, 9.17) is 4.74 Å². The quantitative estimate of drug-likeness (QED) is 0.503. The van der Waals surface area contributed by atoms with Crippen LogP contribution < -0.4 is 0 Å². The van der Waals surface area contributed by atoms with E-state index >= 15 is 0 Å². The van der Waals surface area contributed by atoms with Crippen molar-refractivity contribution < 1.29 is 33.0 Å². The van der Waals surface area contributed by atoms with Crippen LogP contribution in [-0.4, -0.2) is 72.5 Å². The number of ether oxygens (including phenoxy) is 1. The second-order valence-electron chi connectivity index (χ2n) is 7.23. The van der Waals surface area contributed by atoms with E-state index in [1.807, 2.05) is 6.07 Å². The number of carbonyl (C=O) groups is 2. The molecule has 166 valence electrons. The monoisotopic (exact) mass is 448 g/mol. The Balaban J connectivity index is 1.51. The van der Waals surface area contributed by atoms with Crippen molar-refractivity contribution in [3.05, 3.63) is 59.2 Å². The van der Waals surface area contributed by atoms with Gasteiger partial charge in [-0.05, 0) is 24.1 Å². The van der Waals surface area contributed by atoms with Gasteiger partial charge in [0.15, 0.2) is 18.1 Å². The van der Waals surface area contributed by atoms with Crippen LogP contribution in [0.4, 0.5) is 0 Å². The van der Waals surface area contributed by atoms with Crippen LogP contribution in [0.2, 0.25) is 0 Å². The highest BCUT2D eigenvalue weighted by Gasteiger charge is 2.29. The lowest BCUT2D eigenvalue weighted by Crippen LogP contribution is -2.51. The van der Waals surface area contributed by atoms with Crippen molar-refractivity contribution in [3.8, 4) is 11.5 Å². The van der Waals surface area contributed by atoms with Gasteiger partial charge < -0.3 is 19.8 Å². The number of hydrogen-bond acceptors (Lipinski definition) is 7. The fourth-order valence-electron chi connectivity index (χ4n) is 3.23. The average Bonchev–Trinajstić information content (AvgIpc) is 2.76. The van der Waals surface area contributed by atoms with Gasteiger partial charge in [-0.15, -0.1) is 0 Å². The number of phenols is 2. The summed E-state index contributed by atoms with van der Waals surface area (Å²) in [7, 11) is -3.50. The highest BCUT2D eigenvalue weighted by Crippen LogP contribution is 2.32. The number of phenolic OH excluding ortho intramolecular Hbond substituents is 2. The third kappa shape index (κ3) is 5.33. The van der Waals surface area contributed by atoms with Gasteiger partial charge in [0.25, 0.3) is 5.91 Å². The summed E-state index contributed by atoms with van der Waals surface area (Å²) in [6, 6.07) is 11.6. The maximum Gasteiger partial charge on any atom is 0.342 e. The first kappa shape index (κ1) is 22.6. The lowest BCUT2D eigenvalue weighted by molar-refractivity contribution is -0.135. The Bertz CT molecular complexity index is 1060. The van der Waals surface area contributed by atoms with E-state index in [1.165, 1.54) is 21.3 Å². The molecule has 31 heavy (non-hydrogen) atoms. The maximum absolute atomic E-state index is 12.6. The lowest BCUT2D eigenvalue weighted by Gasteiger charge is -2.33. The molecular formula is C21H24N2O7S. The molecule has 2 aromatic carbocycles. The minimum atomic E-state index is -3.50. The summed E-state index contributed by atoms with van der Waals surface area (Å²) in [6.07, 6.45) is 0. The second kappa shape index (κ2) is 9.36. The van der Waals surface area contributed by atoms with Gasteiger partial charge in [-0.3, -0.25) is 4.79 Å². The van der Waals surface area contributed by atoms with Gasteiger partial charge in [0.2, 0.25) is 10.0 Å².